The van der Waals surface area contributed by atoms with Gasteiger partial charge in [0.15, 0.2) is 0 Å². The quantitative estimate of drug-likeness (QED) is 0.871. The molecule has 2 fully saturated rings. The average Bonchev–Trinajstić information content (AvgIpc) is 3.43. The lowest BCUT2D eigenvalue weighted by atomic mass is 10.1. The molecule has 1 aromatic carbocycles. The van der Waals surface area contributed by atoms with Crippen LogP contribution in [0.25, 0.3) is 0 Å². The minimum atomic E-state index is 0.617. The highest BCUT2D eigenvalue weighted by Crippen LogP contribution is 2.38. The topological polar surface area (TPSA) is 32.3 Å². The van der Waals surface area contributed by atoms with Gasteiger partial charge in [0.05, 0.1) is 0 Å². The SMILES string of the molecule is Cc1cccc(N2CCN(c3ccnc(C4CC4)n3)CC2)c1C. The summed E-state index contributed by atoms with van der Waals surface area (Å²) in [5.74, 6) is 2.76. The summed E-state index contributed by atoms with van der Waals surface area (Å²) in [5, 5.41) is 0. The molecule has 1 aliphatic carbocycles. The van der Waals surface area contributed by atoms with Gasteiger partial charge in [-0.15, -0.1) is 0 Å². The monoisotopic (exact) mass is 308 g/mol. The van der Waals surface area contributed by atoms with Crippen molar-refractivity contribution in [3.8, 4) is 0 Å². The molecule has 0 amide bonds. The molecule has 2 aromatic rings. The van der Waals surface area contributed by atoms with Crippen LogP contribution in [0.3, 0.4) is 0 Å². The van der Waals surface area contributed by atoms with Crippen molar-refractivity contribution in [1.29, 1.82) is 0 Å². The van der Waals surface area contributed by atoms with Gasteiger partial charge in [-0.3, -0.25) is 0 Å². The summed E-state index contributed by atoms with van der Waals surface area (Å²) in [4.78, 5) is 14.1. The Labute approximate surface area is 138 Å². The fourth-order valence-electron chi connectivity index (χ4n) is 3.33. The second-order valence-electron chi connectivity index (χ2n) is 6.74. The van der Waals surface area contributed by atoms with E-state index < -0.39 is 0 Å². The van der Waals surface area contributed by atoms with Crippen LogP contribution in [-0.4, -0.2) is 36.1 Å². The number of anilines is 2. The van der Waals surface area contributed by atoms with Gasteiger partial charge in [0, 0.05) is 44.0 Å². The van der Waals surface area contributed by atoms with Gasteiger partial charge < -0.3 is 9.80 Å². The molecule has 4 nitrogen and oxygen atoms in total. The van der Waals surface area contributed by atoms with Gasteiger partial charge in [-0.2, -0.15) is 0 Å². The van der Waals surface area contributed by atoms with Gasteiger partial charge >= 0.3 is 0 Å². The van der Waals surface area contributed by atoms with Crippen molar-refractivity contribution in [2.24, 2.45) is 0 Å². The van der Waals surface area contributed by atoms with Gasteiger partial charge in [0.2, 0.25) is 0 Å². The highest BCUT2D eigenvalue weighted by Gasteiger charge is 2.27. The van der Waals surface area contributed by atoms with Gasteiger partial charge in [0.1, 0.15) is 11.6 Å². The maximum Gasteiger partial charge on any atom is 0.133 e. The minimum Gasteiger partial charge on any atom is -0.368 e. The van der Waals surface area contributed by atoms with Crippen LogP contribution in [-0.2, 0) is 0 Å². The Kier molecular flexibility index (Phi) is 3.68. The lowest BCUT2D eigenvalue weighted by Crippen LogP contribution is -2.47. The van der Waals surface area contributed by atoms with Crippen LogP contribution in [0.1, 0.15) is 35.7 Å². The molecule has 2 heterocycles. The fourth-order valence-corrected chi connectivity index (χ4v) is 3.33. The van der Waals surface area contributed by atoms with Crippen molar-refractivity contribution in [3.63, 3.8) is 0 Å². The molecule has 0 atom stereocenters. The molecule has 23 heavy (non-hydrogen) atoms. The van der Waals surface area contributed by atoms with Crippen LogP contribution in [0.4, 0.5) is 11.5 Å². The maximum absolute atomic E-state index is 4.78. The van der Waals surface area contributed by atoms with Crippen molar-refractivity contribution < 1.29 is 0 Å². The van der Waals surface area contributed by atoms with Crippen molar-refractivity contribution in [2.75, 3.05) is 36.0 Å². The first-order valence-corrected chi connectivity index (χ1v) is 8.61. The number of benzene rings is 1. The van der Waals surface area contributed by atoms with E-state index in [-0.39, 0.29) is 0 Å². The summed E-state index contributed by atoms with van der Waals surface area (Å²) >= 11 is 0. The highest BCUT2D eigenvalue weighted by atomic mass is 15.3. The normalized spacial score (nSPS) is 18.3. The Morgan fingerprint density at radius 2 is 1.70 bits per heavy atom. The van der Waals surface area contributed by atoms with Crippen molar-refractivity contribution in [2.45, 2.75) is 32.6 Å². The summed E-state index contributed by atoms with van der Waals surface area (Å²) in [5.41, 5.74) is 4.15. The zero-order chi connectivity index (χ0) is 15.8. The van der Waals surface area contributed by atoms with E-state index in [0.717, 1.165) is 37.8 Å². The first-order valence-electron chi connectivity index (χ1n) is 8.61. The molecule has 4 rings (SSSR count). The van der Waals surface area contributed by atoms with Gasteiger partial charge in [-0.25, -0.2) is 9.97 Å². The number of rotatable bonds is 3. The van der Waals surface area contributed by atoms with Gasteiger partial charge in [0.25, 0.3) is 0 Å². The lowest BCUT2D eigenvalue weighted by Gasteiger charge is -2.37. The molecule has 1 aliphatic heterocycles. The van der Waals surface area contributed by atoms with E-state index in [4.69, 9.17) is 4.98 Å². The molecule has 4 heteroatoms. The standard InChI is InChI=1S/C19H24N4/c1-14-4-3-5-17(15(14)2)22-10-12-23(13-11-22)18-8-9-20-19(21-18)16-6-7-16/h3-5,8-9,16H,6-7,10-13H2,1-2H3. The summed E-state index contributed by atoms with van der Waals surface area (Å²) in [6.45, 7) is 8.56. The predicted octanol–water partition coefficient (Wildman–Crippen LogP) is 3.30. The first kappa shape index (κ1) is 14.5. The number of nitrogens with zero attached hydrogens (tertiary/aromatic N) is 4. The van der Waals surface area contributed by atoms with Gasteiger partial charge in [-0.05, 0) is 49.9 Å². The molecule has 0 spiro atoms. The van der Waals surface area contributed by atoms with E-state index in [1.807, 2.05) is 6.20 Å². The van der Waals surface area contributed by atoms with E-state index >= 15 is 0 Å². The molecular formula is C19H24N4. The molecule has 1 saturated heterocycles. The first-order chi connectivity index (χ1) is 11.2. The molecule has 0 N–H and O–H groups in total. The molecule has 0 bridgehead atoms. The zero-order valence-electron chi connectivity index (χ0n) is 14.0. The largest absolute Gasteiger partial charge is 0.368 e. The van der Waals surface area contributed by atoms with E-state index in [0.29, 0.717) is 5.92 Å². The van der Waals surface area contributed by atoms with E-state index in [2.05, 4.69) is 52.9 Å². The van der Waals surface area contributed by atoms with Crippen LogP contribution in [0.15, 0.2) is 30.5 Å². The zero-order valence-corrected chi connectivity index (χ0v) is 14.0. The number of piperazine rings is 1. The van der Waals surface area contributed by atoms with Crippen LogP contribution in [0.2, 0.25) is 0 Å². The van der Waals surface area contributed by atoms with E-state index in [9.17, 15) is 0 Å². The van der Waals surface area contributed by atoms with Gasteiger partial charge in [-0.1, -0.05) is 12.1 Å². The molecule has 0 radical (unpaired) electrons. The Morgan fingerprint density at radius 1 is 0.957 bits per heavy atom. The van der Waals surface area contributed by atoms with E-state index in [1.165, 1.54) is 29.7 Å². The summed E-state index contributed by atoms with van der Waals surface area (Å²) in [6, 6.07) is 8.65. The lowest BCUT2D eigenvalue weighted by molar-refractivity contribution is 0.643. The smallest absolute Gasteiger partial charge is 0.133 e. The summed E-state index contributed by atoms with van der Waals surface area (Å²) in [6.07, 6.45) is 4.43. The Bertz CT molecular complexity index is 700. The number of aromatic nitrogens is 2. The molecule has 2 aliphatic rings. The number of hydrogen-bond donors (Lipinski definition) is 0. The summed E-state index contributed by atoms with van der Waals surface area (Å²) < 4.78 is 0. The Morgan fingerprint density at radius 3 is 2.43 bits per heavy atom. The second-order valence-corrected chi connectivity index (χ2v) is 6.74. The third kappa shape index (κ3) is 2.90. The number of hydrogen-bond acceptors (Lipinski definition) is 4. The highest BCUT2D eigenvalue weighted by molar-refractivity contribution is 5.57. The molecule has 0 unspecified atom stereocenters. The predicted molar refractivity (Wildman–Crippen MR) is 94.3 cm³/mol. The van der Waals surface area contributed by atoms with Crippen molar-refractivity contribution in [1.82, 2.24) is 9.97 Å². The van der Waals surface area contributed by atoms with E-state index in [1.54, 1.807) is 0 Å². The third-order valence-electron chi connectivity index (χ3n) is 5.12. The third-order valence-corrected chi connectivity index (χ3v) is 5.12. The van der Waals surface area contributed by atoms with Crippen LogP contribution in [0.5, 0.6) is 0 Å². The van der Waals surface area contributed by atoms with Crippen LogP contribution in [0, 0.1) is 13.8 Å². The van der Waals surface area contributed by atoms with Crippen molar-refractivity contribution >= 4 is 11.5 Å². The molecule has 120 valence electrons. The van der Waals surface area contributed by atoms with Crippen LogP contribution >= 0.6 is 0 Å². The van der Waals surface area contributed by atoms with Crippen molar-refractivity contribution in [3.05, 3.63) is 47.4 Å². The fraction of sp³-hybridized carbons (Fsp3) is 0.474. The molecule has 1 aromatic heterocycles. The minimum absolute atomic E-state index is 0.617. The Hall–Kier alpha value is -2.10. The van der Waals surface area contributed by atoms with Crippen LogP contribution < -0.4 is 9.80 Å². The second kappa shape index (κ2) is 5.84. The maximum atomic E-state index is 4.78. The molecule has 1 saturated carbocycles. The average molecular weight is 308 g/mol. The number of aryl methyl sites for hydroxylation is 1. The molecular weight excluding hydrogens is 284 g/mol. The Balaban J connectivity index is 1.46. The summed E-state index contributed by atoms with van der Waals surface area (Å²) in [7, 11) is 0.